The van der Waals surface area contributed by atoms with Gasteiger partial charge in [0.1, 0.15) is 0 Å². The van der Waals surface area contributed by atoms with Crippen molar-refractivity contribution < 1.29 is 9.72 Å². The topological polar surface area (TPSA) is 76.0 Å². The van der Waals surface area contributed by atoms with Crippen molar-refractivity contribution in [1.82, 2.24) is 4.98 Å². The zero-order chi connectivity index (χ0) is 14.8. The molecule has 0 radical (unpaired) electrons. The van der Waals surface area contributed by atoms with E-state index < -0.39 is 4.92 Å². The van der Waals surface area contributed by atoms with Gasteiger partial charge in [0.2, 0.25) is 0 Å². The number of carbonyl (C=O) groups excluding carboxylic acids is 1. The Morgan fingerprint density at radius 2 is 2.10 bits per heavy atom. The summed E-state index contributed by atoms with van der Waals surface area (Å²) in [6, 6.07) is 4.58. The Kier molecular flexibility index (Phi) is 3.73. The number of hydrogen-bond donors (Lipinski definition) is 1. The number of carbonyl (C=O) groups is 1. The number of aromatic nitrogens is 1. The molecule has 0 aliphatic heterocycles. The molecule has 1 aliphatic carbocycles. The lowest BCUT2D eigenvalue weighted by Gasteiger charge is -2.07. The maximum Gasteiger partial charge on any atom is 0.270 e. The van der Waals surface area contributed by atoms with Crippen LogP contribution >= 0.6 is 0 Å². The lowest BCUT2D eigenvalue weighted by Crippen LogP contribution is -2.02. The summed E-state index contributed by atoms with van der Waals surface area (Å²) in [4.78, 5) is 25.8. The highest BCUT2D eigenvalue weighted by Crippen LogP contribution is 2.30. The average molecular weight is 286 g/mol. The normalized spacial score (nSPS) is 15.6. The number of benzene rings is 1. The molecule has 0 spiro atoms. The van der Waals surface area contributed by atoms with E-state index in [4.69, 9.17) is 0 Å². The Balaban J connectivity index is 1.80. The van der Waals surface area contributed by atoms with E-state index in [-0.39, 0.29) is 11.5 Å². The van der Waals surface area contributed by atoms with Crippen LogP contribution in [0.2, 0.25) is 0 Å². The summed E-state index contributed by atoms with van der Waals surface area (Å²) in [7, 11) is 0. The zero-order valence-corrected chi connectivity index (χ0v) is 11.8. The molecule has 110 valence electrons. The van der Waals surface area contributed by atoms with Crippen LogP contribution in [0.5, 0.6) is 0 Å². The number of nitro benzene ring substituents is 1. The number of aromatic amines is 1. The van der Waals surface area contributed by atoms with Crippen molar-refractivity contribution >= 4 is 22.4 Å². The summed E-state index contributed by atoms with van der Waals surface area (Å²) in [5.41, 5.74) is 1.36. The van der Waals surface area contributed by atoms with Gasteiger partial charge in [0, 0.05) is 41.2 Å². The number of nitro groups is 1. The lowest BCUT2D eigenvalue weighted by molar-refractivity contribution is -0.384. The van der Waals surface area contributed by atoms with Gasteiger partial charge < -0.3 is 4.98 Å². The van der Waals surface area contributed by atoms with E-state index in [0.29, 0.717) is 23.3 Å². The summed E-state index contributed by atoms with van der Waals surface area (Å²) in [6.45, 7) is 0. The van der Waals surface area contributed by atoms with E-state index in [1.54, 1.807) is 12.3 Å². The lowest BCUT2D eigenvalue weighted by atomic mass is 9.97. The predicted octanol–water partition coefficient (Wildman–Crippen LogP) is 4.23. The first kappa shape index (κ1) is 13.8. The highest BCUT2D eigenvalue weighted by atomic mass is 16.6. The van der Waals surface area contributed by atoms with Crippen molar-refractivity contribution in [3.8, 4) is 0 Å². The van der Waals surface area contributed by atoms with Gasteiger partial charge in [-0.05, 0) is 18.4 Å². The fraction of sp³-hybridized carbons (Fsp3) is 0.438. The molecule has 0 atom stereocenters. The zero-order valence-electron chi connectivity index (χ0n) is 11.8. The first-order valence-corrected chi connectivity index (χ1v) is 7.44. The minimum Gasteiger partial charge on any atom is -0.360 e. The molecular weight excluding hydrogens is 268 g/mol. The maximum absolute atomic E-state index is 12.4. The van der Waals surface area contributed by atoms with E-state index >= 15 is 0 Å². The molecule has 1 heterocycles. The summed E-state index contributed by atoms with van der Waals surface area (Å²) < 4.78 is 0. The van der Waals surface area contributed by atoms with Crippen LogP contribution in [0, 0.1) is 16.0 Å². The van der Waals surface area contributed by atoms with Crippen molar-refractivity contribution in [1.29, 1.82) is 0 Å². The summed E-state index contributed by atoms with van der Waals surface area (Å²) in [5.74, 6) is 0.752. The van der Waals surface area contributed by atoms with E-state index in [1.165, 1.54) is 37.8 Å². The molecule has 1 saturated carbocycles. The minimum atomic E-state index is -0.431. The fourth-order valence-corrected chi connectivity index (χ4v) is 3.22. The number of ketones is 1. The van der Waals surface area contributed by atoms with Crippen LogP contribution in [0.4, 0.5) is 5.69 Å². The predicted molar refractivity (Wildman–Crippen MR) is 80.5 cm³/mol. The molecule has 0 amide bonds. The number of rotatable bonds is 5. The van der Waals surface area contributed by atoms with Gasteiger partial charge in [-0.3, -0.25) is 14.9 Å². The third-order valence-electron chi connectivity index (χ3n) is 4.43. The van der Waals surface area contributed by atoms with Gasteiger partial charge in [-0.15, -0.1) is 0 Å². The Labute approximate surface area is 122 Å². The monoisotopic (exact) mass is 286 g/mol. The molecular formula is C16H18N2O3. The standard InChI is InChI=1S/C16H18N2O3/c19-16(8-5-11-3-1-2-4-11)14-10-17-15-7-6-12(18(20)21)9-13(14)15/h6-7,9-11,17H,1-5,8H2. The van der Waals surface area contributed by atoms with E-state index in [9.17, 15) is 14.9 Å². The second-order valence-electron chi connectivity index (χ2n) is 5.80. The summed E-state index contributed by atoms with van der Waals surface area (Å²) in [6.07, 6.45) is 8.14. The van der Waals surface area contributed by atoms with Crippen molar-refractivity contribution in [3.05, 3.63) is 40.1 Å². The Bertz CT molecular complexity index is 684. The molecule has 1 N–H and O–H groups in total. The highest BCUT2D eigenvalue weighted by Gasteiger charge is 2.19. The number of nitrogens with zero attached hydrogens (tertiary/aromatic N) is 1. The van der Waals surface area contributed by atoms with Crippen molar-refractivity contribution in [3.63, 3.8) is 0 Å². The maximum atomic E-state index is 12.4. The molecule has 3 rings (SSSR count). The summed E-state index contributed by atoms with van der Waals surface area (Å²) in [5, 5.41) is 11.5. The number of hydrogen-bond acceptors (Lipinski definition) is 3. The van der Waals surface area contributed by atoms with Crippen LogP contribution in [-0.2, 0) is 0 Å². The van der Waals surface area contributed by atoms with Gasteiger partial charge in [0.05, 0.1) is 4.92 Å². The van der Waals surface area contributed by atoms with Gasteiger partial charge in [0.15, 0.2) is 5.78 Å². The third-order valence-corrected chi connectivity index (χ3v) is 4.43. The second kappa shape index (κ2) is 5.68. The molecule has 1 aliphatic rings. The van der Waals surface area contributed by atoms with Crippen LogP contribution in [0.3, 0.4) is 0 Å². The Morgan fingerprint density at radius 1 is 1.33 bits per heavy atom. The number of fused-ring (bicyclic) bond motifs is 1. The molecule has 0 bridgehead atoms. The highest BCUT2D eigenvalue weighted by molar-refractivity contribution is 6.08. The second-order valence-corrected chi connectivity index (χ2v) is 5.80. The van der Waals surface area contributed by atoms with Crippen molar-refractivity contribution in [2.24, 2.45) is 5.92 Å². The van der Waals surface area contributed by atoms with Gasteiger partial charge in [-0.25, -0.2) is 0 Å². The van der Waals surface area contributed by atoms with Crippen LogP contribution in [0.25, 0.3) is 10.9 Å². The third kappa shape index (κ3) is 2.82. The number of non-ortho nitro benzene ring substituents is 1. The first-order valence-electron chi connectivity index (χ1n) is 7.44. The van der Waals surface area contributed by atoms with Crippen LogP contribution in [0.1, 0.15) is 48.9 Å². The molecule has 1 aromatic heterocycles. The van der Waals surface area contributed by atoms with Crippen molar-refractivity contribution in [2.75, 3.05) is 0 Å². The average Bonchev–Trinajstić information content (AvgIpc) is 3.13. The minimum absolute atomic E-state index is 0.0203. The molecule has 1 aromatic carbocycles. The van der Waals surface area contributed by atoms with Gasteiger partial charge >= 0.3 is 0 Å². The van der Waals surface area contributed by atoms with E-state index in [0.717, 1.165) is 11.9 Å². The molecule has 2 aromatic rings. The van der Waals surface area contributed by atoms with Gasteiger partial charge in [-0.1, -0.05) is 25.7 Å². The molecule has 21 heavy (non-hydrogen) atoms. The summed E-state index contributed by atoms with van der Waals surface area (Å²) >= 11 is 0. The SMILES string of the molecule is O=C(CCC1CCCC1)c1c[nH]c2ccc([N+](=O)[O-])cc12. The molecule has 0 saturated heterocycles. The van der Waals surface area contributed by atoms with E-state index in [2.05, 4.69) is 4.98 Å². The molecule has 0 unspecified atom stereocenters. The number of Topliss-reactive ketones (excluding diaryl/α,β-unsaturated/α-hetero) is 1. The van der Waals surface area contributed by atoms with E-state index in [1.807, 2.05) is 0 Å². The fourth-order valence-electron chi connectivity index (χ4n) is 3.22. The molecule has 5 heteroatoms. The Hall–Kier alpha value is -2.17. The largest absolute Gasteiger partial charge is 0.360 e. The first-order chi connectivity index (χ1) is 10.1. The van der Waals surface area contributed by atoms with Crippen LogP contribution in [-0.4, -0.2) is 15.7 Å². The van der Waals surface area contributed by atoms with Crippen LogP contribution < -0.4 is 0 Å². The van der Waals surface area contributed by atoms with Gasteiger partial charge in [-0.2, -0.15) is 0 Å². The smallest absolute Gasteiger partial charge is 0.270 e. The van der Waals surface area contributed by atoms with Crippen molar-refractivity contribution in [2.45, 2.75) is 38.5 Å². The number of H-pyrrole nitrogens is 1. The van der Waals surface area contributed by atoms with Crippen LogP contribution in [0.15, 0.2) is 24.4 Å². The Morgan fingerprint density at radius 3 is 2.81 bits per heavy atom. The van der Waals surface area contributed by atoms with Gasteiger partial charge in [0.25, 0.3) is 5.69 Å². The molecule has 5 nitrogen and oxygen atoms in total. The quantitative estimate of drug-likeness (QED) is 0.507. The molecule has 1 fully saturated rings. The number of nitrogens with one attached hydrogen (secondary N) is 1.